The van der Waals surface area contributed by atoms with Gasteiger partial charge in [0.15, 0.2) is 11.6 Å². The van der Waals surface area contributed by atoms with Gasteiger partial charge in [0.05, 0.1) is 11.0 Å². The van der Waals surface area contributed by atoms with Crippen LogP contribution in [0.2, 0.25) is 0 Å². The lowest BCUT2D eigenvalue weighted by Crippen LogP contribution is -2.06. The minimum atomic E-state index is 0.534. The van der Waals surface area contributed by atoms with Gasteiger partial charge < -0.3 is 8.83 Å². The zero-order valence-corrected chi connectivity index (χ0v) is 27.0. The Hall–Kier alpha value is -7.12. The Labute approximate surface area is 290 Å². The van der Waals surface area contributed by atoms with E-state index in [0.717, 1.165) is 87.9 Å². The van der Waals surface area contributed by atoms with Crippen molar-refractivity contribution in [3.63, 3.8) is 0 Å². The molecule has 0 aliphatic carbocycles. The van der Waals surface area contributed by atoms with Crippen molar-refractivity contribution in [1.82, 2.24) is 24.5 Å². The van der Waals surface area contributed by atoms with Crippen molar-refractivity contribution in [2.24, 2.45) is 0 Å². The summed E-state index contributed by atoms with van der Waals surface area (Å²) in [6.07, 6.45) is 3.58. The topological polar surface area (TPSA) is 82.8 Å². The van der Waals surface area contributed by atoms with Crippen LogP contribution in [0.3, 0.4) is 0 Å². The number of benzene rings is 6. The van der Waals surface area contributed by atoms with Crippen molar-refractivity contribution >= 4 is 65.7 Å². The van der Waals surface area contributed by atoms with E-state index in [1.54, 1.807) is 6.20 Å². The number of para-hydroxylation sites is 4. The Morgan fingerprint density at radius 3 is 1.88 bits per heavy atom. The molecule has 5 heterocycles. The molecule has 6 aromatic carbocycles. The molecule has 51 heavy (non-hydrogen) atoms. The highest BCUT2D eigenvalue weighted by molar-refractivity contribution is 6.12. The SMILES string of the molecule is c1ccc2c(c1)oc1c(-c3ccc(-c4nc(-c5cccc6oc7ccncc7c56)nc(-n5c6ccccc6c6ccccc65)n4)cc3)cccc12. The maximum atomic E-state index is 6.36. The van der Waals surface area contributed by atoms with E-state index in [1.807, 2.05) is 60.8 Å². The Morgan fingerprint density at radius 1 is 0.431 bits per heavy atom. The van der Waals surface area contributed by atoms with Gasteiger partial charge in [0, 0.05) is 61.4 Å². The zero-order valence-electron chi connectivity index (χ0n) is 27.0. The highest BCUT2D eigenvalue weighted by Gasteiger charge is 2.21. The van der Waals surface area contributed by atoms with Crippen LogP contribution in [-0.4, -0.2) is 24.5 Å². The van der Waals surface area contributed by atoms with Crippen molar-refractivity contribution in [2.75, 3.05) is 0 Å². The van der Waals surface area contributed by atoms with Crippen LogP contribution in [0.4, 0.5) is 0 Å². The van der Waals surface area contributed by atoms with Crippen LogP contribution < -0.4 is 0 Å². The molecule has 11 aromatic rings. The second kappa shape index (κ2) is 10.7. The fourth-order valence-electron chi connectivity index (χ4n) is 7.48. The van der Waals surface area contributed by atoms with Crippen LogP contribution in [0.1, 0.15) is 0 Å². The van der Waals surface area contributed by atoms with E-state index in [1.165, 1.54) is 0 Å². The lowest BCUT2D eigenvalue weighted by Gasteiger charge is -2.12. The summed E-state index contributed by atoms with van der Waals surface area (Å²) in [5.41, 5.74) is 9.09. The van der Waals surface area contributed by atoms with Crippen molar-refractivity contribution in [3.8, 4) is 39.9 Å². The number of hydrogen-bond donors (Lipinski definition) is 0. The predicted molar refractivity (Wildman–Crippen MR) is 203 cm³/mol. The lowest BCUT2D eigenvalue weighted by atomic mass is 10.0. The van der Waals surface area contributed by atoms with E-state index >= 15 is 0 Å². The van der Waals surface area contributed by atoms with Gasteiger partial charge in [-0.15, -0.1) is 0 Å². The maximum absolute atomic E-state index is 6.36. The minimum absolute atomic E-state index is 0.534. The molecule has 0 bridgehead atoms. The predicted octanol–water partition coefficient (Wildman–Crippen LogP) is 11.2. The fraction of sp³-hybridized carbons (Fsp3) is 0. The van der Waals surface area contributed by atoms with Crippen LogP contribution in [0.25, 0.3) is 106 Å². The first-order valence-corrected chi connectivity index (χ1v) is 16.8. The number of rotatable bonds is 4. The van der Waals surface area contributed by atoms with Crippen LogP contribution in [0.5, 0.6) is 0 Å². The van der Waals surface area contributed by atoms with Gasteiger partial charge >= 0.3 is 0 Å². The molecule has 0 saturated carbocycles. The van der Waals surface area contributed by atoms with E-state index in [0.29, 0.717) is 17.6 Å². The highest BCUT2D eigenvalue weighted by Crippen LogP contribution is 2.39. The first kappa shape index (κ1) is 27.8. The van der Waals surface area contributed by atoms with E-state index < -0.39 is 0 Å². The van der Waals surface area contributed by atoms with Gasteiger partial charge in [0.2, 0.25) is 5.95 Å². The molecule has 0 fully saturated rings. The monoisotopic (exact) mass is 655 g/mol. The third kappa shape index (κ3) is 4.18. The van der Waals surface area contributed by atoms with E-state index in [9.17, 15) is 0 Å². The van der Waals surface area contributed by atoms with Gasteiger partial charge in [-0.05, 0) is 35.9 Å². The molecule has 0 aliphatic heterocycles. The molecule has 0 atom stereocenters. The molecule has 0 saturated heterocycles. The summed E-state index contributed by atoms with van der Waals surface area (Å²) in [5.74, 6) is 1.64. The van der Waals surface area contributed by atoms with Gasteiger partial charge in [-0.2, -0.15) is 9.97 Å². The Bertz CT molecular complexity index is 3100. The molecule has 5 aromatic heterocycles. The Balaban J connectivity index is 1.14. The molecule has 11 rings (SSSR count). The number of nitrogens with zero attached hydrogens (tertiary/aromatic N) is 5. The number of fused-ring (bicyclic) bond motifs is 9. The van der Waals surface area contributed by atoms with Gasteiger partial charge in [0.25, 0.3) is 0 Å². The molecular formula is C44H25N5O2. The summed E-state index contributed by atoms with van der Waals surface area (Å²) in [6.45, 7) is 0. The minimum Gasteiger partial charge on any atom is -0.456 e. The maximum Gasteiger partial charge on any atom is 0.238 e. The van der Waals surface area contributed by atoms with E-state index in [4.69, 9.17) is 23.8 Å². The molecule has 0 N–H and O–H groups in total. The number of furan rings is 2. The van der Waals surface area contributed by atoms with Gasteiger partial charge in [-0.25, -0.2) is 4.98 Å². The van der Waals surface area contributed by atoms with Crippen LogP contribution >= 0.6 is 0 Å². The highest BCUT2D eigenvalue weighted by atomic mass is 16.3. The largest absolute Gasteiger partial charge is 0.456 e. The summed E-state index contributed by atoms with van der Waals surface area (Å²) in [7, 11) is 0. The van der Waals surface area contributed by atoms with Gasteiger partial charge in [-0.1, -0.05) is 109 Å². The van der Waals surface area contributed by atoms with Crippen LogP contribution in [0.15, 0.2) is 161 Å². The molecular weight excluding hydrogens is 631 g/mol. The summed E-state index contributed by atoms with van der Waals surface area (Å²) in [4.78, 5) is 19.9. The second-order valence-electron chi connectivity index (χ2n) is 12.7. The molecule has 0 spiro atoms. The van der Waals surface area contributed by atoms with Crippen molar-refractivity contribution in [1.29, 1.82) is 0 Å². The van der Waals surface area contributed by atoms with Crippen molar-refractivity contribution in [3.05, 3.63) is 152 Å². The number of aromatic nitrogens is 5. The van der Waals surface area contributed by atoms with Gasteiger partial charge in [-0.3, -0.25) is 9.55 Å². The first-order chi connectivity index (χ1) is 25.3. The smallest absolute Gasteiger partial charge is 0.238 e. The lowest BCUT2D eigenvalue weighted by molar-refractivity contribution is 0.668. The molecule has 0 amide bonds. The molecule has 0 radical (unpaired) electrons. The molecule has 238 valence electrons. The second-order valence-corrected chi connectivity index (χ2v) is 12.7. The fourth-order valence-corrected chi connectivity index (χ4v) is 7.48. The molecule has 0 aliphatic rings. The molecule has 0 unspecified atom stereocenters. The quantitative estimate of drug-likeness (QED) is 0.188. The first-order valence-electron chi connectivity index (χ1n) is 16.8. The summed E-state index contributed by atoms with van der Waals surface area (Å²) >= 11 is 0. The van der Waals surface area contributed by atoms with Crippen molar-refractivity contribution < 1.29 is 8.83 Å². The zero-order chi connectivity index (χ0) is 33.5. The third-order valence-corrected chi connectivity index (χ3v) is 9.80. The number of pyridine rings is 1. The normalized spacial score (nSPS) is 11.9. The Morgan fingerprint density at radius 2 is 1.06 bits per heavy atom. The van der Waals surface area contributed by atoms with Gasteiger partial charge in [0.1, 0.15) is 22.3 Å². The Kier molecular flexibility index (Phi) is 5.83. The average molecular weight is 656 g/mol. The molecule has 7 heteroatoms. The summed E-state index contributed by atoms with van der Waals surface area (Å²) < 4.78 is 14.7. The average Bonchev–Trinajstić information content (AvgIpc) is 3.87. The van der Waals surface area contributed by atoms with Crippen molar-refractivity contribution in [2.45, 2.75) is 0 Å². The van der Waals surface area contributed by atoms with E-state index in [2.05, 4.69) is 94.5 Å². The standard InChI is InChI=1S/C44H25N5O2/c1-4-15-35-29(9-1)30-10-2-5-16-36(30)49(35)44-47-42(46-43(48-44)33-14-8-18-39-40(33)34-25-45-24-23-38(34)50-39)27-21-19-26(20-22-27)28-12-7-13-32-31-11-3-6-17-37(31)51-41(28)32/h1-25H. The summed E-state index contributed by atoms with van der Waals surface area (Å²) in [5, 5.41) is 6.30. The molecule has 7 nitrogen and oxygen atoms in total. The van der Waals surface area contributed by atoms with Crippen LogP contribution in [0, 0.1) is 0 Å². The van der Waals surface area contributed by atoms with Crippen LogP contribution in [-0.2, 0) is 0 Å². The third-order valence-electron chi connectivity index (χ3n) is 9.80. The summed E-state index contributed by atoms with van der Waals surface area (Å²) in [6, 6.07) is 47.4. The number of hydrogen-bond acceptors (Lipinski definition) is 6. The van der Waals surface area contributed by atoms with E-state index in [-0.39, 0.29) is 0 Å².